The number of H-pyrrole nitrogens is 1. The van der Waals surface area contributed by atoms with E-state index in [1.807, 2.05) is 13.0 Å². The molecular weight excluding hydrogens is 222 g/mol. The first-order valence-corrected chi connectivity index (χ1v) is 4.83. The molecular formula is C9H11N7O. The molecule has 0 aliphatic rings. The smallest absolute Gasteiger partial charge is 0.316 e. The van der Waals surface area contributed by atoms with Gasteiger partial charge in [-0.2, -0.15) is 0 Å². The Morgan fingerprint density at radius 3 is 2.94 bits per heavy atom. The number of carbonyl (C=O) groups is 1. The van der Waals surface area contributed by atoms with Gasteiger partial charge in [-0.25, -0.2) is 9.89 Å². The Kier molecular flexibility index (Phi) is 2.86. The summed E-state index contributed by atoms with van der Waals surface area (Å²) in [6.07, 6.45) is 0. The summed E-state index contributed by atoms with van der Waals surface area (Å²) in [5.41, 5.74) is 7.39. The Balaban J connectivity index is 2.23. The third-order valence-electron chi connectivity index (χ3n) is 2.10. The monoisotopic (exact) mass is 233 g/mol. The SMILES string of the molecule is Cc1ccc(NC(N)=O)cc1Nc1nnn[nH]1. The van der Waals surface area contributed by atoms with E-state index in [-0.39, 0.29) is 0 Å². The molecule has 5 N–H and O–H groups in total. The first-order valence-electron chi connectivity index (χ1n) is 4.83. The minimum Gasteiger partial charge on any atom is -0.351 e. The molecule has 0 saturated carbocycles. The summed E-state index contributed by atoms with van der Waals surface area (Å²) < 4.78 is 0. The van der Waals surface area contributed by atoms with Crippen LogP contribution in [0.15, 0.2) is 18.2 Å². The van der Waals surface area contributed by atoms with Crippen LogP contribution in [0.25, 0.3) is 0 Å². The summed E-state index contributed by atoms with van der Waals surface area (Å²) in [5.74, 6) is 0.421. The number of aromatic amines is 1. The van der Waals surface area contributed by atoms with Gasteiger partial charge in [0.05, 0.1) is 0 Å². The van der Waals surface area contributed by atoms with Crippen LogP contribution in [0.5, 0.6) is 0 Å². The number of primary amides is 1. The number of aryl methyl sites for hydroxylation is 1. The van der Waals surface area contributed by atoms with Gasteiger partial charge in [0.2, 0.25) is 5.95 Å². The molecule has 8 heteroatoms. The lowest BCUT2D eigenvalue weighted by Crippen LogP contribution is -2.19. The Hall–Kier alpha value is -2.64. The molecule has 0 aliphatic heterocycles. The number of nitrogens with zero attached hydrogens (tertiary/aromatic N) is 3. The average Bonchev–Trinajstić information content (AvgIpc) is 2.75. The minimum atomic E-state index is -0.610. The van der Waals surface area contributed by atoms with Gasteiger partial charge in [0, 0.05) is 11.4 Å². The largest absolute Gasteiger partial charge is 0.351 e. The molecule has 2 aromatic rings. The second kappa shape index (κ2) is 4.47. The highest BCUT2D eigenvalue weighted by Crippen LogP contribution is 2.22. The van der Waals surface area contributed by atoms with Crippen molar-refractivity contribution >= 4 is 23.4 Å². The topological polar surface area (TPSA) is 122 Å². The van der Waals surface area contributed by atoms with Gasteiger partial charge < -0.3 is 16.4 Å². The van der Waals surface area contributed by atoms with Crippen LogP contribution < -0.4 is 16.4 Å². The Morgan fingerprint density at radius 1 is 1.47 bits per heavy atom. The summed E-state index contributed by atoms with van der Waals surface area (Å²) in [4.78, 5) is 10.7. The maximum atomic E-state index is 10.7. The zero-order valence-corrected chi connectivity index (χ0v) is 9.06. The first-order chi connectivity index (χ1) is 8.15. The molecule has 1 heterocycles. The second-order valence-electron chi connectivity index (χ2n) is 3.39. The van der Waals surface area contributed by atoms with Gasteiger partial charge in [-0.05, 0) is 35.0 Å². The van der Waals surface area contributed by atoms with Gasteiger partial charge in [-0.1, -0.05) is 11.2 Å². The standard InChI is InChI=1S/C9H11N7O/c1-5-2-3-6(11-8(10)17)4-7(5)12-9-13-15-16-14-9/h2-4H,1H3,(H3,10,11,17)(H2,12,13,14,15,16). The number of rotatable bonds is 3. The summed E-state index contributed by atoms with van der Waals surface area (Å²) in [7, 11) is 0. The van der Waals surface area contributed by atoms with Crippen molar-refractivity contribution in [1.82, 2.24) is 20.6 Å². The van der Waals surface area contributed by atoms with Crippen LogP contribution >= 0.6 is 0 Å². The Labute approximate surface area is 96.6 Å². The average molecular weight is 233 g/mol. The first kappa shape index (κ1) is 10.9. The molecule has 8 nitrogen and oxygen atoms in total. The van der Waals surface area contributed by atoms with Gasteiger partial charge in [-0.3, -0.25) is 0 Å². The third-order valence-corrected chi connectivity index (χ3v) is 2.10. The summed E-state index contributed by atoms with van der Waals surface area (Å²) in [6.45, 7) is 1.92. The number of benzene rings is 1. The number of anilines is 3. The van der Waals surface area contributed by atoms with E-state index in [9.17, 15) is 4.79 Å². The van der Waals surface area contributed by atoms with Crippen molar-refractivity contribution in [3.05, 3.63) is 23.8 Å². The molecule has 17 heavy (non-hydrogen) atoms. The second-order valence-corrected chi connectivity index (χ2v) is 3.39. The van der Waals surface area contributed by atoms with E-state index in [0.717, 1.165) is 11.3 Å². The lowest BCUT2D eigenvalue weighted by Gasteiger charge is -2.09. The number of tetrazole rings is 1. The highest BCUT2D eigenvalue weighted by molar-refractivity contribution is 5.88. The quantitative estimate of drug-likeness (QED) is 0.623. The Morgan fingerprint density at radius 2 is 2.29 bits per heavy atom. The highest BCUT2D eigenvalue weighted by Gasteiger charge is 2.04. The maximum Gasteiger partial charge on any atom is 0.316 e. The van der Waals surface area contributed by atoms with E-state index < -0.39 is 6.03 Å². The van der Waals surface area contributed by atoms with Crippen molar-refractivity contribution in [2.75, 3.05) is 10.6 Å². The lowest BCUT2D eigenvalue weighted by molar-refractivity contribution is 0.259. The molecule has 2 rings (SSSR count). The zero-order valence-electron chi connectivity index (χ0n) is 9.06. The lowest BCUT2D eigenvalue weighted by atomic mass is 10.2. The van der Waals surface area contributed by atoms with Crippen molar-refractivity contribution in [2.24, 2.45) is 5.73 Å². The summed E-state index contributed by atoms with van der Waals surface area (Å²) in [6, 6.07) is 4.73. The molecule has 0 bridgehead atoms. The van der Waals surface area contributed by atoms with Gasteiger partial charge in [0.1, 0.15) is 0 Å². The molecule has 88 valence electrons. The number of aromatic nitrogens is 4. The van der Waals surface area contributed by atoms with Crippen LogP contribution in [0.4, 0.5) is 22.1 Å². The van der Waals surface area contributed by atoms with E-state index in [4.69, 9.17) is 5.73 Å². The maximum absolute atomic E-state index is 10.7. The van der Waals surface area contributed by atoms with Crippen LogP contribution in [0.2, 0.25) is 0 Å². The molecule has 0 fully saturated rings. The summed E-state index contributed by atoms with van der Waals surface area (Å²) >= 11 is 0. The molecule has 2 amide bonds. The van der Waals surface area contributed by atoms with Crippen molar-refractivity contribution in [3.63, 3.8) is 0 Å². The van der Waals surface area contributed by atoms with Gasteiger partial charge in [-0.15, -0.1) is 0 Å². The molecule has 0 radical (unpaired) electrons. The number of nitrogens with one attached hydrogen (secondary N) is 3. The normalized spacial score (nSPS) is 9.94. The molecule has 1 aromatic heterocycles. The number of urea groups is 1. The molecule has 0 saturated heterocycles. The van der Waals surface area contributed by atoms with Crippen molar-refractivity contribution in [1.29, 1.82) is 0 Å². The fourth-order valence-electron chi connectivity index (χ4n) is 1.32. The predicted octanol–water partition coefficient (Wildman–Crippen LogP) is 0.742. The zero-order chi connectivity index (χ0) is 12.3. The van der Waals surface area contributed by atoms with E-state index in [1.165, 1.54) is 0 Å². The predicted molar refractivity (Wildman–Crippen MR) is 61.8 cm³/mol. The Bertz CT molecular complexity index is 522. The fourth-order valence-corrected chi connectivity index (χ4v) is 1.32. The van der Waals surface area contributed by atoms with Gasteiger partial charge in [0.15, 0.2) is 0 Å². The molecule has 0 atom stereocenters. The van der Waals surface area contributed by atoms with Crippen LogP contribution in [0.3, 0.4) is 0 Å². The number of hydrogen-bond donors (Lipinski definition) is 4. The molecule has 1 aromatic carbocycles. The van der Waals surface area contributed by atoms with Crippen LogP contribution in [-0.4, -0.2) is 26.7 Å². The number of hydrogen-bond acceptors (Lipinski definition) is 5. The van der Waals surface area contributed by atoms with Crippen molar-refractivity contribution in [3.8, 4) is 0 Å². The van der Waals surface area contributed by atoms with Crippen molar-refractivity contribution in [2.45, 2.75) is 6.92 Å². The van der Waals surface area contributed by atoms with Crippen LogP contribution in [-0.2, 0) is 0 Å². The van der Waals surface area contributed by atoms with E-state index in [2.05, 4.69) is 31.3 Å². The molecule has 0 spiro atoms. The molecule has 0 unspecified atom stereocenters. The number of amides is 2. The fraction of sp³-hybridized carbons (Fsp3) is 0.111. The number of carbonyl (C=O) groups excluding carboxylic acids is 1. The third kappa shape index (κ3) is 2.68. The van der Waals surface area contributed by atoms with E-state index >= 15 is 0 Å². The van der Waals surface area contributed by atoms with Gasteiger partial charge >= 0.3 is 6.03 Å². The van der Waals surface area contributed by atoms with Crippen LogP contribution in [0, 0.1) is 6.92 Å². The summed E-state index contributed by atoms with van der Waals surface area (Å²) in [5, 5.41) is 18.6. The van der Waals surface area contributed by atoms with E-state index in [1.54, 1.807) is 12.1 Å². The van der Waals surface area contributed by atoms with Crippen molar-refractivity contribution < 1.29 is 4.79 Å². The van der Waals surface area contributed by atoms with Crippen LogP contribution in [0.1, 0.15) is 5.56 Å². The van der Waals surface area contributed by atoms with Gasteiger partial charge in [0.25, 0.3) is 0 Å². The number of nitrogens with two attached hydrogens (primary N) is 1. The van der Waals surface area contributed by atoms with E-state index in [0.29, 0.717) is 11.6 Å². The minimum absolute atomic E-state index is 0.421. The molecule has 0 aliphatic carbocycles. The highest BCUT2D eigenvalue weighted by atomic mass is 16.2.